The highest BCUT2D eigenvalue weighted by Crippen LogP contribution is 2.25. The summed E-state index contributed by atoms with van der Waals surface area (Å²) in [5.74, 6) is -0.169. The summed E-state index contributed by atoms with van der Waals surface area (Å²) in [6, 6.07) is 12.1. The van der Waals surface area contributed by atoms with Gasteiger partial charge in [0.15, 0.2) is 0 Å². The van der Waals surface area contributed by atoms with Gasteiger partial charge in [0.05, 0.1) is 5.52 Å². The summed E-state index contributed by atoms with van der Waals surface area (Å²) in [6.07, 6.45) is 0. The molecule has 0 unspecified atom stereocenters. The lowest BCUT2D eigenvalue weighted by Gasteiger charge is -2.08. The summed E-state index contributed by atoms with van der Waals surface area (Å²) in [5, 5.41) is 10.3. The summed E-state index contributed by atoms with van der Waals surface area (Å²) >= 11 is 0. The van der Waals surface area contributed by atoms with Crippen molar-refractivity contribution in [3.05, 3.63) is 59.8 Å². The number of phenols is 1. The van der Waals surface area contributed by atoms with Crippen molar-refractivity contribution in [3.8, 4) is 11.5 Å². The summed E-state index contributed by atoms with van der Waals surface area (Å²) in [6.45, 7) is -1.12. The van der Waals surface area contributed by atoms with E-state index in [1.54, 1.807) is 25.1 Å². The molecule has 0 bridgehead atoms. The van der Waals surface area contributed by atoms with Crippen LogP contribution in [0.3, 0.4) is 0 Å². The Morgan fingerprint density at radius 1 is 1.13 bits per heavy atom. The monoisotopic (exact) mass is 317 g/mol. The minimum absolute atomic E-state index is 0.00411. The van der Waals surface area contributed by atoms with Crippen molar-refractivity contribution < 1.29 is 23.4 Å². The van der Waals surface area contributed by atoms with Crippen LogP contribution in [-0.2, 0) is 0 Å². The van der Waals surface area contributed by atoms with E-state index in [1.165, 1.54) is 34.9 Å². The van der Waals surface area contributed by atoms with Crippen LogP contribution < -0.4 is 4.74 Å². The molecule has 0 aliphatic carbocycles. The highest BCUT2D eigenvalue weighted by molar-refractivity contribution is 6.03. The lowest BCUT2D eigenvalue weighted by molar-refractivity contribution is -0.0498. The fourth-order valence-corrected chi connectivity index (χ4v) is 2.52. The number of hydrogen-bond donors (Lipinski definition) is 1. The molecule has 1 N–H and O–H groups in total. The maximum Gasteiger partial charge on any atom is 0.387 e. The first-order chi connectivity index (χ1) is 11.0. The summed E-state index contributed by atoms with van der Waals surface area (Å²) in [5.41, 5.74) is 1.72. The maximum absolute atomic E-state index is 12.7. The molecule has 23 heavy (non-hydrogen) atoms. The van der Waals surface area contributed by atoms with E-state index < -0.39 is 6.61 Å². The average molecular weight is 317 g/mol. The third kappa shape index (κ3) is 2.88. The number of aromatic hydroxyl groups is 1. The molecule has 6 heteroatoms. The number of fused-ring (bicyclic) bond motifs is 1. The Kier molecular flexibility index (Phi) is 3.73. The molecule has 3 rings (SSSR count). The van der Waals surface area contributed by atoms with Crippen LogP contribution >= 0.6 is 0 Å². The first kappa shape index (κ1) is 15.0. The Morgan fingerprint density at radius 2 is 1.83 bits per heavy atom. The summed E-state index contributed by atoms with van der Waals surface area (Å²) in [7, 11) is 0. The first-order valence-corrected chi connectivity index (χ1v) is 6.86. The summed E-state index contributed by atoms with van der Waals surface area (Å²) in [4.78, 5) is 12.7. The molecule has 2 aromatic carbocycles. The summed E-state index contributed by atoms with van der Waals surface area (Å²) < 4.78 is 30.1. The quantitative estimate of drug-likeness (QED) is 0.796. The van der Waals surface area contributed by atoms with Gasteiger partial charge in [0, 0.05) is 16.6 Å². The topological polar surface area (TPSA) is 51.5 Å². The third-order valence-corrected chi connectivity index (χ3v) is 3.50. The second kappa shape index (κ2) is 5.72. The number of ether oxygens (including phenoxy) is 1. The number of carbonyl (C=O) groups excluding carboxylic acids is 1. The van der Waals surface area contributed by atoms with Gasteiger partial charge in [-0.2, -0.15) is 8.78 Å². The van der Waals surface area contributed by atoms with Gasteiger partial charge in [-0.25, -0.2) is 0 Å². The molecular weight excluding hydrogens is 304 g/mol. The Hall–Kier alpha value is -2.89. The van der Waals surface area contributed by atoms with E-state index in [4.69, 9.17) is 0 Å². The van der Waals surface area contributed by atoms with Crippen LogP contribution in [0.5, 0.6) is 11.5 Å². The molecule has 0 atom stereocenters. The predicted octanol–water partition coefficient (Wildman–Crippen LogP) is 3.95. The Balaban J connectivity index is 1.98. The van der Waals surface area contributed by atoms with Crippen molar-refractivity contribution in [1.29, 1.82) is 0 Å². The number of nitrogens with zero attached hydrogens (tertiary/aromatic N) is 1. The van der Waals surface area contributed by atoms with Crippen LogP contribution in [0.25, 0.3) is 10.9 Å². The van der Waals surface area contributed by atoms with Gasteiger partial charge in [0.25, 0.3) is 5.91 Å². The normalized spacial score (nSPS) is 11.1. The smallest absolute Gasteiger partial charge is 0.387 e. The number of rotatable bonds is 3. The van der Waals surface area contributed by atoms with Crippen molar-refractivity contribution in [2.75, 3.05) is 0 Å². The molecule has 1 heterocycles. The zero-order valence-electron chi connectivity index (χ0n) is 12.2. The van der Waals surface area contributed by atoms with E-state index >= 15 is 0 Å². The lowest BCUT2D eigenvalue weighted by atomic mass is 10.2. The Bertz CT molecular complexity index is 869. The highest BCUT2D eigenvalue weighted by Gasteiger charge is 2.15. The molecule has 0 spiro atoms. The molecule has 0 saturated carbocycles. The molecule has 1 aromatic heterocycles. The van der Waals surface area contributed by atoms with Gasteiger partial charge in [-0.1, -0.05) is 0 Å². The molecule has 0 aliphatic rings. The van der Waals surface area contributed by atoms with Gasteiger partial charge < -0.3 is 9.84 Å². The van der Waals surface area contributed by atoms with Crippen molar-refractivity contribution in [3.63, 3.8) is 0 Å². The average Bonchev–Trinajstić information content (AvgIpc) is 2.81. The molecule has 0 radical (unpaired) electrons. The lowest BCUT2D eigenvalue weighted by Crippen LogP contribution is -2.13. The number of carbonyl (C=O) groups is 1. The van der Waals surface area contributed by atoms with E-state index in [0.29, 0.717) is 16.8 Å². The van der Waals surface area contributed by atoms with Gasteiger partial charge in [-0.3, -0.25) is 9.36 Å². The van der Waals surface area contributed by atoms with Crippen LogP contribution in [0.15, 0.2) is 48.5 Å². The van der Waals surface area contributed by atoms with Crippen LogP contribution in [0.1, 0.15) is 16.1 Å². The van der Waals surface area contributed by atoms with Gasteiger partial charge in [-0.05, 0) is 55.5 Å². The largest absolute Gasteiger partial charge is 0.508 e. The van der Waals surface area contributed by atoms with E-state index in [1.807, 2.05) is 0 Å². The maximum atomic E-state index is 12.7. The number of aromatic nitrogens is 1. The number of halogens is 2. The van der Waals surface area contributed by atoms with E-state index in [9.17, 15) is 18.7 Å². The standard InChI is InChI=1S/C17H13F2NO3/c1-10-8-12-9-13(21)4-7-15(12)20(10)16(22)11-2-5-14(6-3-11)23-17(18)19/h2-9,17,21H,1H3. The second-order valence-electron chi connectivity index (χ2n) is 5.07. The number of hydrogen-bond acceptors (Lipinski definition) is 3. The number of alkyl halides is 2. The minimum Gasteiger partial charge on any atom is -0.508 e. The van der Waals surface area contributed by atoms with Crippen LogP contribution in [0.2, 0.25) is 0 Å². The van der Waals surface area contributed by atoms with Crippen molar-refractivity contribution in [2.45, 2.75) is 13.5 Å². The number of phenolic OH excluding ortho intramolecular Hbond substituents is 1. The highest BCUT2D eigenvalue weighted by atomic mass is 19.3. The fraction of sp³-hybridized carbons (Fsp3) is 0.118. The molecule has 0 aliphatic heterocycles. The number of aryl methyl sites for hydroxylation is 1. The number of benzene rings is 2. The van der Waals surface area contributed by atoms with Gasteiger partial charge in [0.1, 0.15) is 11.5 Å². The molecular formula is C17H13F2NO3. The SMILES string of the molecule is Cc1cc2cc(O)ccc2n1C(=O)c1ccc(OC(F)F)cc1. The Morgan fingerprint density at radius 3 is 2.48 bits per heavy atom. The zero-order valence-corrected chi connectivity index (χ0v) is 12.2. The molecule has 4 nitrogen and oxygen atoms in total. The van der Waals surface area contributed by atoms with Gasteiger partial charge in [0.2, 0.25) is 0 Å². The van der Waals surface area contributed by atoms with Crippen LogP contribution in [0.4, 0.5) is 8.78 Å². The molecule has 0 saturated heterocycles. The molecule has 3 aromatic rings. The second-order valence-corrected chi connectivity index (χ2v) is 5.07. The Labute approximate surface area is 130 Å². The minimum atomic E-state index is -2.90. The fourth-order valence-electron chi connectivity index (χ4n) is 2.52. The van der Waals surface area contributed by atoms with Crippen molar-refractivity contribution in [2.24, 2.45) is 0 Å². The molecule has 0 fully saturated rings. The zero-order chi connectivity index (χ0) is 16.6. The van der Waals surface area contributed by atoms with Gasteiger partial charge >= 0.3 is 6.61 Å². The van der Waals surface area contributed by atoms with Crippen LogP contribution in [-0.4, -0.2) is 22.2 Å². The first-order valence-electron chi connectivity index (χ1n) is 6.86. The van der Waals surface area contributed by atoms with E-state index in [0.717, 1.165) is 5.39 Å². The molecule has 0 amide bonds. The third-order valence-electron chi connectivity index (χ3n) is 3.50. The predicted molar refractivity (Wildman–Crippen MR) is 81.1 cm³/mol. The molecule has 118 valence electrons. The van der Waals surface area contributed by atoms with Crippen molar-refractivity contribution in [1.82, 2.24) is 4.57 Å². The van der Waals surface area contributed by atoms with E-state index in [2.05, 4.69) is 4.74 Å². The van der Waals surface area contributed by atoms with E-state index in [-0.39, 0.29) is 17.4 Å². The van der Waals surface area contributed by atoms with Crippen LogP contribution in [0, 0.1) is 6.92 Å². The van der Waals surface area contributed by atoms with Crippen molar-refractivity contribution >= 4 is 16.8 Å². The van der Waals surface area contributed by atoms with Gasteiger partial charge in [-0.15, -0.1) is 0 Å².